The van der Waals surface area contributed by atoms with Gasteiger partial charge in [0.15, 0.2) is 17.7 Å². The Morgan fingerprint density at radius 1 is 1.26 bits per heavy atom. The molecule has 42 heavy (non-hydrogen) atoms. The first kappa shape index (κ1) is 29.1. The Balaban J connectivity index is 1.25. The number of carbonyl (C=O) groups excluding carboxylic acids is 2. The molecule has 1 saturated carbocycles. The van der Waals surface area contributed by atoms with E-state index in [0.717, 1.165) is 37.1 Å². The minimum Gasteiger partial charge on any atom is -0.496 e. The van der Waals surface area contributed by atoms with Crippen molar-refractivity contribution in [2.45, 2.75) is 74.8 Å². The van der Waals surface area contributed by atoms with E-state index in [9.17, 15) is 14.9 Å². The first-order chi connectivity index (χ1) is 20.4. The standard InChI is InChI=1S/C31H42N6O5/c1-4-26(38)37-16-15-36(18-20(37)11-13-32)29-22-10-12-31(17-23-24(40-3)8-5-9-25(23)42-31)28(39)27(22)33-30(34-29)41-19-21-7-6-14-35(21)2/h4-5,8-9,20-22,27,29-30,33-34H,1,6-7,10-12,14-19H2,2-3H3/t20?,21?,22?,27?,29?,30?,31-/m0/s1. The van der Waals surface area contributed by atoms with E-state index >= 15 is 0 Å². The lowest BCUT2D eigenvalue weighted by molar-refractivity contribution is -0.157. The molecule has 11 heteroatoms. The highest BCUT2D eigenvalue weighted by Crippen LogP contribution is 2.47. The number of nitrogens with zero attached hydrogens (tertiary/aromatic N) is 4. The Morgan fingerprint density at radius 2 is 2.12 bits per heavy atom. The van der Waals surface area contributed by atoms with Crippen LogP contribution in [0.2, 0.25) is 0 Å². The summed E-state index contributed by atoms with van der Waals surface area (Å²) in [6.45, 7) is 6.91. The van der Waals surface area contributed by atoms with Gasteiger partial charge in [0.1, 0.15) is 11.5 Å². The number of methoxy groups -OCH3 is 1. The van der Waals surface area contributed by atoms with Gasteiger partial charge in [0.25, 0.3) is 0 Å². The number of rotatable bonds is 7. The van der Waals surface area contributed by atoms with Crippen LogP contribution in [0.5, 0.6) is 11.5 Å². The quantitative estimate of drug-likeness (QED) is 0.458. The van der Waals surface area contributed by atoms with Crippen molar-refractivity contribution in [3.05, 3.63) is 36.4 Å². The van der Waals surface area contributed by atoms with Crippen LogP contribution in [0, 0.1) is 17.2 Å². The summed E-state index contributed by atoms with van der Waals surface area (Å²) in [5.41, 5.74) is -0.00140. The molecular weight excluding hydrogens is 536 g/mol. The van der Waals surface area contributed by atoms with Gasteiger partial charge in [0.05, 0.1) is 44.5 Å². The summed E-state index contributed by atoms with van der Waals surface area (Å²) < 4.78 is 18.5. The number of nitrogens with one attached hydrogen (secondary N) is 2. The second-order valence-corrected chi connectivity index (χ2v) is 12.3. The number of nitriles is 1. The summed E-state index contributed by atoms with van der Waals surface area (Å²) in [5, 5.41) is 16.7. The predicted octanol–water partition coefficient (Wildman–Crippen LogP) is 1.24. The monoisotopic (exact) mass is 578 g/mol. The normalized spacial score (nSPS) is 34.9. The third kappa shape index (κ3) is 5.20. The molecule has 4 aliphatic heterocycles. The van der Waals surface area contributed by atoms with Gasteiger partial charge in [-0.05, 0) is 57.5 Å². The van der Waals surface area contributed by atoms with Crippen LogP contribution in [0.4, 0.5) is 0 Å². The Kier molecular flexibility index (Phi) is 8.26. The number of likely N-dealkylation sites (N-methyl/N-ethyl adjacent to an activating group) is 1. The fourth-order valence-corrected chi connectivity index (χ4v) is 7.70. The highest BCUT2D eigenvalue weighted by atomic mass is 16.5. The number of piperazine rings is 1. The van der Waals surface area contributed by atoms with Crippen LogP contribution >= 0.6 is 0 Å². The fourth-order valence-electron chi connectivity index (χ4n) is 7.70. The van der Waals surface area contributed by atoms with E-state index in [4.69, 9.17) is 14.2 Å². The molecule has 11 nitrogen and oxygen atoms in total. The molecule has 4 fully saturated rings. The predicted molar refractivity (Wildman–Crippen MR) is 155 cm³/mol. The van der Waals surface area contributed by atoms with E-state index in [1.807, 2.05) is 18.2 Å². The van der Waals surface area contributed by atoms with E-state index in [0.29, 0.717) is 50.9 Å². The van der Waals surface area contributed by atoms with Crippen LogP contribution in [0.15, 0.2) is 30.9 Å². The van der Waals surface area contributed by atoms with Crippen molar-refractivity contribution in [1.82, 2.24) is 25.3 Å². The van der Waals surface area contributed by atoms with Crippen molar-refractivity contribution < 1.29 is 23.8 Å². The molecule has 1 aliphatic carbocycles. The van der Waals surface area contributed by atoms with E-state index in [1.54, 1.807) is 12.0 Å². The maximum absolute atomic E-state index is 14.4. The molecule has 5 aliphatic rings. The van der Waals surface area contributed by atoms with Crippen LogP contribution in [0.3, 0.4) is 0 Å². The second kappa shape index (κ2) is 11.9. The molecule has 1 aromatic carbocycles. The van der Waals surface area contributed by atoms with E-state index in [-0.39, 0.29) is 36.2 Å². The van der Waals surface area contributed by atoms with Gasteiger partial charge in [-0.3, -0.25) is 25.1 Å². The molecule has 2 N–H and O–H groups in total. The molecule has 1 amide bonds. The van der Waals surface area contributed by atoms with Crippen LogP contribution < -0.4 is 20.1 Å². The number of fused-ring (bicyclic) bond motifs is 2. The van der Waals surface area contributed by atoms with Gasteiger partial charge in [0.2, 0.25) is 5.91 Å². The van der Waals surface area contributed by atoms with Crippen molar-refractivity contribution in [1.29, 1.82) is 5.26 Å². The van der Waals surface area contributed by atoms with Crippen molar-refractivity contribution in [2.24, 2.45) is 5.92 Å². The summed E-state index contributed by atoms with van der Waals surface area (Å²) in [6.07, 6.45) is 4.96. The van der Waals surface area contributed by atoms with Gasteiger partial charge in [-0.25, -0.2) is 0 Å². The Bertz CT molecular complexity index is 1250. The van der Waals surface area contributed by atoms with Crippen LogP contribution in [-0.4, -0.2) is 110 Å². The molecule has 1 aromatic rings. The van der Waals surface area contributed by atoms with Gasteiger partial charge in [-0.2, -0.15) is 5.26 Å². The average Bonchev–Trinajstić information content (AvgIpc) is 3.60. The summed E-state index contributed by atoms with van der Waals surface area (Å²) in [7, 11) is 3.77. The molecule has 1 spiro atoms. The Morgan fingerprint density at radius 3 is 2.86 bits per heavy atom. The number of likely N-dealkylation sites (tertiary alicyclic amines) is 1. The highest BCUT2D eigenvalue weighted by Gasteiger charge is 2.58. The van der Waals surface area contributed by atoms with E-state index in [1.165, 1.54) is 6.08 Å². The van der Waals surface area contributed by atoms with Crippen LogP contribution in [-0.2, 0) is 20.7 Å². The maximum Gasteiger partial charge on any atom is 0.246 e. The number of amides is 1. The van der Waals surface area contributed by atoms with Gasteiger partial charge in [0, 0.05) is 43.6 Å². The summed E-state index contributed by atoms with van der Waals surface area (Å²) in [5.74, 6) is 1.31. The topological polar surface area (TPSA) is 119 Å². The molecule has 7 atom stereocenters. The minimum atomic E-state index is -0.943. The third-order valence-corrected chi connectivity index (χ3v) is 10.00. The van der Waals surface area contributed by atoms with Crippen molar-refractivity contribution in [3.63, 3.8) is 0 Å². The lowest BCUT2D eigenvalue weighted by atomic mass is 9.70. The summed E-state index contributed by atoms with van der Waals surface area (Å²) in [4.78, 5) is 33.3. The van der Waals surface area contributed by atoms with Crippen molar-refractivity contribution in [3.8, 4) is 17.6 Å². The average molecular weight is 579 g/mol. The first-order valence-electron chi connectivity index (χ1n) is 15.1. The zero-order valence-corrected chi connectivity index (χ0v) is 24.6. The zero-order valence-electron chi connectivity index (χ0n) is 24.6. The second-order valence-electron chi connectivity index (χ2n) is 12.3. The molecule has 3 saturated heterocycles. The molecule has 226 valence electrons. The molecular formula is C31H42N6O5. The molecule has 6 rings (SSSR count). The molecule has 0 aromatic heterocycles. The SMILES string of the molecule is C=CC(=O)N1CCN(C2NC(OCC3CCCN3C)NC3C(=O)[C@]4(CCC32)Cc2c(OC)cccc2O4)CC1CC#N. The largest absolute Gasteiger partial charge is 0.496 e. The molecule has 0 bridgehead atoms. The molecule has 6 unspecified atom stereocenters. The van der Waals surface area contributed by atoms with Gasteiger partial charge in [-0.15, -0.1) is 0 Å². The summed E-state index contributed by atoms with van der Waals surface area (Å²) in [6, 6.07) is 7.58. The number of ether oxygens (including phenoxy) is 3. The lowest BCUT2D eigenvalue weighted by Gasteiger charge is -2.53. The maximum atomic E-state index is 14.4. The lowest BCUT2D eigenvalue weighted by Crippen LogP contribution is -2.75. The van der Waals surface area contributed by atoms with Crippen molar-refractivity contribution in [2.75, 3.05) is 46.9 Å². The number of hydrogen-bond donors (Lipinski definition) is 2. The fraction of sp³-hybridized carbons (Fsp3) is 0.645. The highest BCUT2D eigenvalue weighted by molar-refractivity contribution is 5.95. The number of Topliss-reactive ketones (excluding diaryl/α,β-unsaturated/α-hetero) is 1. The van der Waals surface area contributed by atoms with Gasteiger partial charge in [-0.1, -0.05) is 12.6 Å². The van der Waals surface area contributed by atoms with Crippen LogP contribution in [0.1, 0.15) is 37.7 Å². The number of carbonyl (C=O) groups is 2. The van der Waals surface area contributed by atoms with Crippen LogP contribution in [0.25, 0.3) is 0 Å². The van der Waals surface area contributed by atoms with Gasteiger partial charge >= 0.3 is 0 Å². The van der Waals surface area contributed by atoms with Gasteiger partial charge < -0.3 is 24.0 Å². The first-order valence-corrected chi connectivity index (χ1v) is 15.1. The Hall–Kier alpha value is -3.01. The smallest absolute Gasteiger partial charge is 0.246 e. The number of hydrogen-bond acceptors (Lipinski definition) is 10. The summed E-state index contributed by atoms with van der Waals surface area (Å²) >= 11 is 0. The van der Waals surface area contributed by atoms with Crippen molar-refractivity contribution >= 4 is 11.7 Å². The van der Waals surface area contributed by atoms with E-state index in [2.05, 4.69) is 40.1 Å². The molecule has 4 heterocycles. The van der Waals surface area contributed by atoms with E-state index < -0.39 is 18.0 Å². The zero-order chi connectivity index (χ0) is 29.4. The Labute approximate surface area is 247 Å². The number of ketones is 1. The molecule has 0 radical (unpaired) electrons. The minimum absolute atomic E-state index is 0.0317. The third-order valence-electron chi connectivity index (χ3n) is 10.00. The number of benzene rings is 1.